The quantitative estimate of drug-likeness (QED) is 0.756. The van der Waals surface area contributed by atoms with Gasteiger partial charge in [0.1, 0.15) is 0 Å². The first-order valence-electron chi connectivity index (χ1n) is 7.97. The largest absolute Gasteiger partial charge is 0.290 e. The van der Waals surface area contributed by atoms with Crippen LogP contribution in [0.2, 0.25) is 0 Å². The molecule has 0 amide bonds. The van der Waals surface area contributed by atoms with Gasteiger partial charge in [0.15, 0.2) is 0 Å². The Kier molecular flexibility index (Phi) is 3.95. The smallest absolute Gasteiger partial charge is 0.275 e. The molecule has 23 heavy (non-hydrogen) atoms. The van der Waals surface area contributed by atoms with Crippen LogP contribution in [-0.4, -0.2) is 9.78 Å². The maximum absolute atomic E-state index is 13.0. The molecule has 3 nitrogen and oxygen atoms in total. The summed E-state index contributed by atoms with van der Waals surface area (Å²) in [4.78, 5) is 13.0. The Morgan fingerprint density at radius 1 is 1.00 bits per heavy atom. The van der Waals surface area contributed by atoms with Crippen molar-refractivity contribution in [3.05, 3.63) is 75.6 Å². The molecule has 0 aliphatic heterocycles. The average molecular weight is 306 g/mol. The van der Waals surface area contributed by atoms with Crippen molar-refractivity contribution in [2.75, 3.05) is 0 Å². The minimum Gasteiger partial charge on any atom is -0.290 e. The van der Waals surface area contributed by atoms with Crippen molar-refractivity contribution in [3.8, 4) is 16.9 Å². The lowest BCUT2D eigenvalue weighted by atomic mass is 9.98. The summed E-state index contributed by atoms with van der Waals surface area (Å²) >= 11 is 0. The van der Waals surface area contributed by atoms with Gasteiger partial charge in [0, 0.05) is 11.1 Å². The fourth-order valence-corrected chi connectivity index (χ4v) is 2.99. The van der Waals surface area contributed by atoms with Crippen molar-refractivity contribution in [1.82, 2.24) is 9.78 Å². The first-order chi connectivity index (χ1) is 11.0. The zero-order chi connectivity index (χ0) is 16.6. The lowest BCUT2D eigenvalue weighted by molar-refractivity contribution is 0.821. The molecular formula is C20H22N2O. The van der Waals surface area contributed by atoms with Crippen LogP contribution in [0.1, 0.15) is 36.5 Å². The summed E-state index contributed by atoms with van der Waals surface area (Å²) < 4.78 is 1.67. The van der Waals surface area contributed by atoms with Gasteiger partial charge < -0.3 is 0 Å². The summed E-state index contributed by atoms with van der Waals surface area (Å²) in [7, 11) is 0. The Morgan fingerprint density at radius 3 is 2.39 bits per heavy atom. The lowest BCUT2D eigenvalue weighted by Gasteiger charge is -2.06. The number of hydrogen-bond acceptors (Lipinski definition) is 1. The molecule has 0 saturated heterocycles. The molecule has 0 unspecified atom stereocenters. The number of para-hydroxylation sites is 1. The zero-order valence-electron chi connectivity index (χ0n) is 14.1. The minimum absolute atomic E-state index is 0.0332. The van der Waals surface area contributed by atoms with E-state index in [1.54, 1.807) is 4.68 Å². The summed E-state index contributed by atoms with van der Waals surface area (Å²) in [5, 5.41) is 3.34. The number of aromatic nitrogens is 2. The van der Waals surface area contributed by atoms with E-state index in [-0.39, 0.29) is 11.5 Å². The third kappa shape index (κ3) is 2.74. The molecule has 0 spiro atoms. The van der Waals surface area contributed by atoms with Gasteiger partial charge in [-0.25, -0.2) is 4.68 Å². The Hall–Kier alpha value is -2.55. The first-order valence-corrected chi connectivity index (χ1v) is 7.97. The third-order valence-corrected chi connectivity index (χ3v) is 4.17. The molecule has 3 rings (SSSR count). The molecule has 0 bridgehead atoms. The highest BCUT2D eigenvalue weighted by Crippen LogP contribution is 2.27. The molecule has 1 heterocycles. The number of nitrogens with zero attached hydrogens (tertiary/aromatic N) is 1. The summed E-state index contributed by atoms with van der Waals surface area (Å²) in [6.07, 6.45) is 0. The van der Waals surface area contributed by atoms with Crippen molar-refractivity contribution in [3.63, 3.8) is 0 Å². The van der Waals surface area contributed by atoms with Crippen molar-refractivity contribution in [2.45, 2.75) is 33.6 Å². The van der Waals surface area contributed by atoms with E-state index < -0.39 is 0 Å². The van der Waals surface area contributed by atoms with Crippen LogP contribution in [0, 0.1) is 13.8 Å². The number of hydrogen-bond donors (Lipinski definition) is 1. The third-order valence-electron chi connectivity index (χ3n) is 4.17. The van der Waals surface area contributed by atoms with Crippen molar-refractivity contribution < 1.29 is 0 Å². The molecule has 0 aliphatic rings. The van der Waals surface area contributed by atoms with Gasteiger partial charge in [0.05, 0.1) is 11.4 Å². The van der Waals surface area contributed by atoms with Crippen LogP contribution in [0.5, 0.6) is 0 Å². The summed E-state index contributed by atoms with van der Waals surface area (Å²) in [5.41, 5.74) is 5.99. The van der Waals surface area contributed by atoms with Crippen LogP contribution in [0.3, 0.4) is 0 Å². The van der Waals surface area contributed by atoms with E-state index in [1.165, 1.54) is 5.56 Å². The second-order valence-electron chi connectivity index (χ2n) is 6.35. The number of nitrogens with one attached hydrogen (secondary N) is 1. The van der Waals surface area contributed by atoms with E-state index in [1.807, 2.05) is 43.3 Å². The second kappa shape index (κ2) is 5.92. The molecule has 2 aromatic carbocycles. The molecule has 3 aromatic rings. The van der Waals surface area contributed by atoms with Gasteiger partial charge >= 0.3 is 0 Å². The van der Waals surface area contributed by atoms with Crippen LogP contribution >= 0.6 is 0 Å². The molecular weight excluding hydrogens is 284 g/mol. The standard InChI is InChI=1S/C20H22N2O/c1-13(2)18-19(16-10-7-8-14(3)12-16)21-22(20(18)23)17-11-6-5-9-15(17)4/h5-13,21H,1-4H3. The highest BCUT2D eigenvalue weighted by Gasteiger charge is 2.19. The SMILES string of the molecule is Cc1cccc(-c2[nH]n(-c3ccccc3C)c(=O)c2C(C)C)c1. The number of aryl methyl sites for hydroxylation is 2. The van der Waals surface area contributed by atoms with Gasteiger partial charge in [-0.3, -0.25) is 9.89 Å². The summed E-state index contributed by atoms with van der Waals surface area (Å²) in [6.45, 7) is 8.21. The maximum Gasteiger partial charge on any atom is 0.275 e. The van der Waals surface area contributed by atoms with Gasteiger partial charge in [-0.1, -0.05) is 55.8 Å². The van der Waals surface area contributed by atoms with Crippen LogP contribution in [-0.2, 0) is 0 Å². The first kappa shape index (κ1) is 15.3. The molecule has 0 atom stereocenters. The fraction of sp³-hybridized carbons (Fsp3) is 0.250. The second-order valence-corrected chi connectivity index (χ2v) is 6.35. The number of H-pyrrole nitrogens is 1. The number of benzene rings is 2. The van der Waals surface area contributed by atoms with Gasteiger partial charge in [0.2, 0.25) is 0 Å². The van der Waals surface area contributed by atoms with Crippen molar-refractivity contribution in [2.24, 2.45) is 0 Å². The molecule has 118 valence electrons. The van der Waals surface area contributed by atoms with Crippen LogP contribution in [0.15, 0.2) is 53.3 Å². The predicted molar refractivity (Wildman–Crippen MR) is 95.4 cm³/mol. The van der Waals surface area contributed by atoms with Crippen LogP contribution in [0.25, 0.3) is 16.9 Å². The lowest BCUT2D eigenvalue weighted by Crippen LogP contribution is -2.18. The van der Waals surface area contributed by atoms with Gasteiger partial charge in [-0.15, -0.1) is 0 Å². The highest BCUT2D eigenvalue weighted by molar-refractivity contribution is 5.65. The molecule has 1 N–H and O–H groups in total. The monoisotopic (exact) mass is 306 g/mol. The van der Waals surface area contributed by atoms with Crippen LogP contribution in [0.4, 0.5) is 0 Å². The molecule has 0 saturated carbocycles. The fourth-order valence-electron chi connectivity index (χ4n) is 2.99. The van der Waals surface area contributed by atoms with Gasteiger partial charge in [-0.2, -0.15) is 0 Å². The Morgan fingerprint density at radius 2 is 1.74 bits per heavy atom. The minimum atomic E-state index is 0.0332. The number of rotatable bonds is 3. The van der Waals surface area contributed by atoms with Crippen LogP contribution < -0.4 is 5.56 Å². The van der Waals surface area contributed by atoms with Gasteiger partial charge in [-0.05, 0) is 37.5 Å². The zero-order valence-corrected chi connectivity index (χ0v) is 14.1. The molecule has 3 heteroatoms. The number of aromatic amines is 1. The van der Waals surface area contributed by atoms with E-state index in [9.17, 15) is 4.79 Å². The van der Waals surface area contributed by atoms with E-state index in [0.717, 1.165) is 28.1 Å². The summed E-state index contributed by atoms with van der Waals surface area (Å²) in [6, 6.07) is 16.2. The van der Waals surface area contributed by atoms with Crippen molar-refractivity contribution >= 4 is 0 Å². The Labute approximate surface area is 136 Å². The van der Waals surface area contributed by atoms with E-state index >= 15 is 0 Å². The van der Waals surface area contributed by atoms with Crippen molar-refractivity contribution in [1.29, 1.82) is 0 Å². The Bertz CT molecular complexity index is 900. The Balaban J connectivity index is 2.28. The molecule has 0 aliphatic carbocycles. The van der Waals surface area contributed by atoms with E-state index in [0.29, 0.717) is 0 Å². The highest BCUT2D eigenvalue weighted by atomic mass is 16.1. The average Bonchev–Trinajstić information content (AvgIpc) is 2.85. The molecule has 1 aromatic heterocycles. The maximum atomic E-state index is 13.0. The predicted octanol–water partition coefficient (Wildman–Crippen LogP) is 4.57. The molecule has 0 radical (unpaired) electrons. The van der Waals surface area contributed by atoms with Gasteiger partial charge in [0.25, 0.3) is 5.56 Å². The normalized spacial score (nSPS) is 11.2. The summed E-state index contributed by atoms with van der Waals surface area (Å²) in [5.74, 6) is 0.152. The molecule has 0 fully saturated rings. The van der Waals surface area contributed by atoms with E-state index in [4.69, 9.17) is 0 Å². The van der Waals surface area contributed by atoms with E-state index in [2.05, 4.69) is 38.0 Å². The topological polar surface area (TPSA) is 37.8 Å².